The van der Waals surface area contributed by atoms with Crippen molar-refractivity contribution in [3.8, 4) is 22.6 Å². The number of carbonyl (C=O) groups excluding carboxylic acids is 2. The van der Waals surface area contributed by atoms with Crippen LogP contribution < -0.4 is 9.47 Å². The Bertz CT molecular complexity index is 930. The van der Waals surface area contributed by atoms with Crippen LogP contribution in [0.4, 0.5) is 9.59 Å². The lowest BCUT2D eigenvalue weighted by atomic mass is 9.93. The molecule has 6 nitrogen and oxygen atoms in total. The molecular formula is C24H22O6. The molecule has 0 radical (unpaired) electrons. The molecule has 0 bridgehead atoms. The van der Waals surface area contributed by atoms with Crippen molar-refractivity contribution >= 4 is 12.3 Å². The van der Waals surface area contributed by atoms with Crippen LogP contribution in [-0.2, 0) is 9.47 Å². The SMILES string of the molecule is COC(=O)Oc1ccc(C(C)c2ccc(OC(=O)OC)cc2)cc1.c1cc2cc-2c1. The predicted octanol–water partition coefficient (Wildman–Crippen LogP) is 5.80. The van der Waals surface area contributed by atoms with Crippen molar-refractivity contribution in [3.05, 3.63) is 83.9 Å². The summed E-state index contributed by atoms with van der Waals surface area (Å²) < 4.78 is 18.8. The smallest absolute Gasteiger partial charge is 0.437 e. The van der Waals surface area contributed by atoms with Gasteiger partial charge in [0, 0.05) is 5.92 Å². The molecule has 30 heavy (non-hydrogen) atoms. The molecule has 0 atom stereocenters. The third-order valence-corrected chi connectivity index (χ3v) is 4.61. The molecule has 2 aromatic rings. The number of rotatable bonds is 4. The molecular weight excluding hydrogens is 384 g/mol. The van der Waals surface area contributed by atoms with Crippen molar-refractivity contribution in [2.24, 2.45) is 0 Å². The van der Waals surface area contributed by atoms with E-state index in [1.807, 2.05) is 31.2 Å². The monoisotopic (exact) mass is 406 g/mol. The summed E-state index contributed by atoms with van der Waals surface area (Å²) in [5.74, 6) is 0.948. The highest BCUT2D eigenvalue weighted by Gasteiger charge is 2.11. The molecule has 2 aliphatic carbocycles. The zero-order chi connectivity index (χ0) is 21.5. The molecule has 4 rings (SSSR count). The third kappa shape index (κ3) is 5.61. The van der Waals surface area contributed by atoms with Gasteiger partial charge >= 0.3 is 12.3 Å². The number of benzene rings is 3. The van der Waals surface area contributed by atoms with E-state index >= 15 is 0 Å². The van der Waals surface area contributed by atoms with Gasteiger partial charge in [-0.3, -0.25) is 0 Å². The molecule has 0 spiro atoms. The zero-order valence-electron chi connectivity index (χ0n) is 17.0. The number of hydrogen-bond acceptors (Lipinski definition) is 6. The van der Waals surface area contributed by atoms with Gasteiger partial charge < -0.3 is 18.9 Å². The van der Waals surface area contributed by atoms with Crippen LogP contribution in [-0.4, -0.2) is 26.5 Å². The topological polar surface area (TPSA) is 71.1 Å². The highest BCUT2D eigenvalue weighted by molar-refractivity contribution is 5.80. The second-order valence-corrected chi connectivity index (χ2v) is 6.55. The molecule has 0 saturated heterocycles. The van der Waals surface area contributed by atoms with Gasteiger partial charge in [0.1, 0.15) is 11.5 Å². The van der Waals surface area contributed by atoms with Gasteiger partial charge in [-0.25, -0.2) is 9.59 Å². The quantitative estimate of drug-likeness (QED) is 0.315. The van der Waals surface area contributed by atoms with Crippen molar-refractivity contribution in [1.82, 2.24) is 0 Å². The van der Waals surface area contributed by atoms with Crippen LogP contribution in [0.5, 0.6) is 11.5 Å². The van der Waals surface area contributed by atoms with Crippen molar-refractivity contribution in [2.75, 3.05) is 14.2 Å². The Morgan fingerprint density at radius 3 is 1.33 bits per heavy atom. The first-order valence-electron chi connectivity index (χ1n) is 9.32. The Balaban J connectivity index is 0.000000357. The number of fused-ring (bicyclic) bond motifs is 1. The first-order chi connectivity index (χ1) is 14.5. The molecule has 0 amide bonds. The zero-order valence-corrected chi connectivity index (χ0v) is 17.0. The highest BCUT2D eigenvalue weighted by Crippen LogP contribution is 2.32. The van der Waals surface area contributed by atoms with Crippen molar-refractivity contribution < 1.29 is 28.5 Å². The Labute approximate surface area is 175 Å². The molecule has 154 valence electrons. The van der Waals surface area contributed by atoms with Gasteiger partial charge in [-0.15, -0.1) is 0 Å². The second-order valence-electron chi connectivity index (χ2n) is 6.55. The van der Waals surface area contributed by atoms with E-state index in [0.717, 1.165) is 11.1 Å². The summed E-state index contributed by atoms with van der Waals surface area (Å²) in [7, 11) is 2.51. The van der Waals surface area contributed by atoms with Gasteiger partial charge in [0.05, 0.1) is 14.2 Å². The summed E-state index contributed by atoms with van der Waals surface area (Å²) in [6, 6.07) is 22.8. The Kier molecular flexibility index (Phi) is 6.70. The summed E-state index contributed by atoms with van der Waals surface area (Å²) in [4.78, 5) is 22.1. The van der Waals surface area contributed by atoms with E-state index in [0.29, 0.717) is 11.5 Å². The van der Waals surface area contributed by atoms with Crippen LogP contribution in [0.1, 0.15) is 24.0 Å². The van der Waals surface area contributed by atoms with Crippen LogP contribution in [0.25, 0.3) is 11.1 Å². The van der Waals surface area contributed by atoms with Gasteiger partial charge in [0.2, 0.25) is 0 Å². The normalized spacial score (nSPS) is 10.4. The lowest BCUT2D eigenvalue weighted by molar-refractivity contribution is 0.120. The molecule has 2 aromatic carbocycles. The first-order valence-corrected chi connectivity index (χ1v) is 9.32. The Morgan fingerprint density at radius 2 is 1.07 bits per heavy atom. The third-order valence-electron chi connectivity index (χ3n) is 4.61. The summed E-state index contributed by atoms with van der Waals surface area (Å²) in [6.07, 6.45) is -1.51. The average Bonchev–Trinajstić information content (AvgIpc) is 3.38. The van der Waals surface area contributed by atoms with Gasteiger partial charge in [-0.05, 0) is 52.6 Å². The maximum atomic E-state index is 11.1. The lowest BCUT2D eigenvalue weighted by Crippen LogP contribution is -2.07. The van der Waals surface area contributed by atoms with Gasteiger partial charge in [0.15, 0.2) is 0 Å². The van der Waals surface area contributed by atoms with E-state index in [4.69, 9.17) is 9.47 Å². The van der Waals surface area contributed by atoms with Crippen molar-refractivity contribution in [2.45, 2.75) is 12.8 Å². The maximum absolute atomic E-state index is 11.1. The van der Waals surface area contributed by atoms with Crippen molar-refractivity contribution in [3.63, 3.8) is 0 Å². The molecule has 0 N–H and O–H groups in total. The number of carbonyl (C=O) groups is 2. The van der Waals surface area contributed by atoms with E-state index in [9.17, 15) is 9.59 Å². The van der Waals surface area contributed by atoms with Crippen LogP contribution in [0.3, 0.4) is 0 Å². The van der Waals surface area contributed by atoms with E-state index in [2.05, 4.69) is 33.7 Å². The van der Waals surface area contributed by atoms with Gasteiger partial charge in [-0.2, -0.15) is 0 Å². The van der Waals surface area contributed by atoms with Gasteiger partial charge in [-0.1, -0.05) is 49.4 Å². The molecule has 0 heterocycles. The molecule has 0 unspecified atom stereocenters. The summed E-state index contributed by atoms with van der Waals surface area (Å²) >= 11 is 0. The van der Waals surface area contributed by atoms with Gasteiger partial charge in [0.25, 0.3) is 0 Å². The highest BCUT2D eigenvalue weighted by atomic mass is 16.7. The van der Waals surface area contributed by atoms with Crippen LogP contribution in [0.2, 0.25) is 0 Å². The maximum Gasteiger partial charge on any atom is 0.513 e. The number of hydrogen-bond donors (Lipinski definition) is 0. The van der Waals surface area contributed by atoms with E-state index in [-0.39, 0.29) is 5.92 Å². The first kappa shape index (κ1) is 20.9. The largest absolute Gasteiger partial charge is 0.513 e. The summed E-state index contributed by atoms with van der Waals surface area (Å²) in [5.41, 5.74) is 4.95. The fourth-order valence-electron chi connectivity index (χ4n) is 2.79. The average molecular weight is 406 g/mol. The molecule has 0 aromatic heterocycles. The molecule has 6 heteroatoms. The number of methoxy groups -OCH3 is 2. The standard InChI is InChI=1S/C18H18O6.C6H4/c1-12(13-4-8-15(9-5-13)23-17(19)21-2)14-6-10-16(11-7-14)24-18(20)22-3;1-2-5-4-6(5)3-1/h4-12H,1-3H3;1-4H. The fourth-order valence-corrected chi connectivity index (χ4v) is 2.79. The van der Waals surface area contributed by atoms with Crippen molar-refractivity contribution in [1.29, 1.82) is 0 Å². The molecule has 0 aliphatic heterocycles. The second kappa shape index (κ2) is 9.60. The molecule has 0 saturated carbocycles. The minimum Gasteiger partial charge on any atom is -0.437 e. The minimum atomic E-state index is -0.753. The van der Waals surface area contributed by atoms with Crippen LogP contribution in [0.15, 0.2) is 72.8 Å². The minimum absolute atomic E-state index is 0.115. The van der Waals surface area contributed by atoms with E-state index in [1.165, 1.54) is 25.3 Å². The predicted molar refractivity (Wildman–Crippen MR) is 112 cm³/mol. The Hall–Kier alpha value is -3.80. The number of ether oxygens (including phenoxy) is 4. The fraction of sp³-hybridized carbons (Fsp3) is 0.167. The lowest BCUT2D eigenvalue weighted by Gasteiger charge is -2.13. The molecule has 2 aliphatic rings. The Morgan fingerprint density at radius 1 is 0.667 bits per heavy atom. The van der Waals surface area contributed by atoms with Crippen LogP contribution >= 0.6 is 0 Å². The summed E-state index contributed by atoms with van der Waals surface area (Å²) in [5, 5.41) is 0. The van der Waals surface area contributed by atoms with Crippen LogP contribution in [0, 0.1) is 0 Å². The van der Waals surface area contributed by atoms with E-state index in [1.54, 1.807) is 24.3 Å². The molecule has 0 fully saturated rings. The summed E-state index contributed by atoms with van der Waals surface area (Å²) in [6.45, 7) is 2.05. The van der Waals surface area contributed by atoms with E-state index < -0.39 is 12.3 Å².